The summed E-state index contributed by atoms with van der Waals surface area (Å²) in [6, 6.07) is 3.47. The van der Waals surface area contributed by atoms with Crippen LogP contribution in [0.1, 0.15) is 16.1 Å². The Morgan fingerprint density at radius 1 is 1.61 bits per heavy atom. The van der Waals surface area contributed by atoms with Crippen molar-refractivity contribution in [3.05, 3.63) is 40.6 Å². The van der Waals surface area contributed by atoms with Crippen LogP contribution in [0.4, 0.5) is 0 Å². The zero-order valence-electron chi connectivity index (χ0n) is 9.70. The maximum atomic E-state index is 11.0. The van der Waals surface area contributed by atoms with E-state index in [1.165, 1.54) is 0 Å². The number of hydrogen-bond acceptors (Lipinski definition) is 3. The zero-order chi connectivity index (χ0) is 13.3. The average Bonchev–Trinajstić information content (AvgIpc) is 2.66. The molecule has 5 heteroatoms. The number of carboxylic acids is 1. The molecule has 0 fully saturated rings. The summed E-state index contributed by atoms with van der Waals surface area (Å²) in [4.78, 5) is 11.0. The van der Waals surface area contributed by atoms with Crippen molar-refractivity contribution in [1.82, 2.24) is 0 Å². The quantitative estimate of drug-likeness (QED) is 0.873. The van der Waals surface area contributed by atoms with Gasteiger partial charge in [-0.3, -0.25) is 0 Å². The molecule has 1 aromatic heterocycles. The third-order valence-electron chi connectivity index (χ3n) is 2.54. The van der Waals surface area contributed by atoms with E-state index in [0.29, 0.717) is 28.9 Å². The summed E-state index contributed by atoms with van der Waals surface area (Å²) in [5, 5.41) is 9.71. The molecule has 1 aromatic carbocycles. The highest BCUT2D eigenvalue weighted by Crippen LogP contribution is 2.38. The van der Waals surface area contributed by atoms with E-state index in [0.717, 1.165) is 4.47 Å². The first-order valence-corrected chi connectivity index (χ1v) is 6.04. The molecule has 0 saturated carbocycles. The van der Waals surface area contributed by atoms with Gasteiger partial charge in [0.25, 0.3) is 0 Å². The lowest BCUT2D eigenvalue weighted by Crippen LogP contribution is -1.97. The lowest BCUT2D eigenvalue weighted by atomic mass is 10.1. The lowest BCUT2D eigenvalue weighted by molar-refractivity contribution is 0.0664. The Bertz CT molecular complexity index is 627. The smallest absolute Gasteiger partial charge is 0.372 e. The van der Waals surface area contributed by atoms with Gasteiger partial charge in [0.1, 0.15) is 17.9 Å². The van der Waals surface area contributed by atoms with Crippen molar-refractivity contribution in [2.24, 2.45) is 0 Å². The summed E-state index contributed by atoms with van der Waals surface area (Å²) in [5.41, 5.74) is 1.05. The molecular formula is C13H11BrO4. The molecular weight excluding hydrogens is 300 g/mol. The topological polar surface area (TPSA) is 59.7 Å². The molecule has 0 saturated heterocycles. The number of carbonyl (C=O) groups is 1. The molecule has 0 aliphatic heterocycles. The van der Waals surface area contributed by atoms with E-state index in [-0.39, 0.29) is 5.76 Å². The Kier molecular flexibility index (Phi) is 3.43. The maximum Gasteiger partial charge on any atom is 0.372 e. The van der Waals surface area contributed by atoms with Crippen LogP contribution in [0.5, 0.6) is 5.75 Å². The minimum atomic E-state index is -1.09. The van der Waals surface area contributed by atoms with E-state index in [2.05, 4.69) is 22.5 Å². The highest BCUT2D eigenvalue weighted by molar-refractivity contribution is 9.10. The fourth-order valence-electron chi connectivity index (χ4n) is 1.77. The minimum Gasteiger partial charge on any atom is -0.488 e. The third-order valence-corrected chi connectivity index (χ3v) is 3.16. The second-order valence-corrected chi connectivity index (χ2v) is 4.57. The molecule has 0 bridgehead atoms. The number of aromatic carboxylic acids is 1. The highest BCUT2D eigenvalue weighted by atomic mass is 79.9. The van der Waals surface area contributed by atoms with Crippen LogP contribution in [0.15, 0.2) is 33.7 Å². The Labute approximate surface area is 112 Å². The van der Waals surface area contributed by atoms with Crippen LogP contribution in [0.25, 0.3) is 11.0 Å². The highest BCUT2D eigenvalue weighted by Gasteiger charge is 2.21. The fraction of sp³-hybridized carbons (Fsp3) is 0.154. The fourth-order valence-corrected chi connectivity index (χ4v) is 2.21. The van der Waals surface area contributed by atoms with E-state index in [4.69, 9.17) is 14.3 Å². The molecule has 94 valence electrons. The van der Waals surface area contributed by atoms with Gasteiger partial charge < -0.3 is 14.3 Å². The van der Waals surface area contributed by atoms with Gasteiger partial charge in [0.2, 0.25) is 5.76 Å². The van der Waals surface area contributed by atoms with Gasteiger partial charge in [-0.2, -0.15) is 0 Å². The molecule has 0 amide bonds. The Balaban J connectivity index is 2.70. The van der Waals surface area contributed by atoms with Gasteiger partial charge in [0.15, 0.2) is 0 Å². The van der Waals surface area contributed by atoms with Crippen molar-refractivity contribution in [1.29, 1.82) is 0 Å². The third kappa shape index (κ3) is 2.01. The number of aryl methyl sites for hydroxylation is 1. The van der Waals surface area contributed by atoms with Crippen molar-refractivity contribution >= 4 is 32.9 Å². The van der Waals surface area contributed by atoms with Crippen molar-refractivity contribution < 1.29 is 19.1 Å². The number of hydrogen-bond donors (Lipinski definition) is 1. The van der Waals surface area contributed by atoms with Gasteiger partial charge in [-0.15, -0.1) is 0 Å². The summed E-state index contributed by atoms with van der Waals surface area (Å²) in [7, 11) is 0. The van der Waals surface area contributed by atoms with Crippen LogP contribution in [0, 0.1) is 6.92 Å². The molecule has 4 nitrogen and oxygen atoms in total. The van der Waals surface area contributed by atoms with Crippen molar-refractivity contribution in [3.8, 4) is 5.75 Å². The minimum absolute atomic E-state index is 0.0634. The number of fused-ring (bicyclic) bond motifs is 1. The second kappa shape index (κ2) is 4.86. The lowest BCUT2D eigenvalue weighted by Gasteiger charge is -2.07. The Morgan fingerprint density at radius 2 is 2.33 bits per heavy atom. The summed E-state index contributed by atoms with van der Waals surface area (Å²) in [6.45, 7) is 5.62. The molecule has 0 aliphatic rings. The van der Waals surface area contributed by atoms with Crippen LogP contribution in [0.2, 0.25) is 0 Å². The first kappa shape index (κ1) is 12.7. The van der Waals surface area contributed by atoms with Gasteiger partial charge >= 0.3 is 5.97 Å². The summed E-state index contributed by atoms with van der Waals surface area (Å²) >= 11 is 3.38. The van der Waals surface area contributed by atoms with Crippen LogP contribution in [-0.4, -0.2) is 17.7 Å². The molecule has 1 heterocycles. The molecule has 0 atom stereocenters. The van der Waals surface area contributed by atoms with Crippen LogP contribution in [-0.2, 0) is 0 Å². The molecule has 2 aromatic rings. The molecule has 0 aliphatic carbocycles. The number of benzene rings is 1. The van der Waals surface area contributed by atoms with Gasteiger partial charge in [-0.25, -0.2) is 4.79 Å². The first-order chi connectivity index (χ1) is 8.56. The largest absolute Gasteiger partial charge is 0.488 e. The predicted molar refractivity (Wildman–Crippen MR) is 71.3 cm³/mol. The van der Waals surface area contributed by atoms with Gasteiger partial charge in [-0.1, -0.05) is 12.7 Å². The number of ether oxygens (including phenoxy) is 1. The number of furan rings is 1. The monoisotopic (exact) mass is 310 g/mol. The van der Waals surface area contributed by atoms with Gasteiger partial charge in [-0.05, 0) is 35.0 Å². The SMILES string of the molecule is C=CCOc1c(Br)ccc2oc(C(=O)O)c(C)c12. The van der Waals surface area contributed by atoms with E-state index < -0.39 is 5.97 Å². The van der Waals surface area contributed by atoms with E-state index >= 15 is 0 Å². The maximum absolute atomic E-state index is 11.0. The molecule has 0 spiro atoms. The van der Waals surface area contributed by atoms with E-state index in [1.807, 2.05) is 0 Å². The van der Waals surface area contributed by atoms with Crippen molar-refractivity contribution in [3.63, 3.8) is 0 Å². The second-order valence-electron chi connectivity index (χ2n) is 3.71. The van der Waals surface area contributed by atoms with Crippen LogP contribution >= 0.6 is 15.9 Å². The normalized spacial score (nSPS) is 10.6. The Morgan fingerprint density at radius 3 is 2.94 bits per heavy atom. The van der Waals surface area contributed by atoms with Crippen molar-refractivity contribution in [2.45, 2.75) is 6.92 Å². The molecule has 2 rings (SSSR count). The summed E-state index contributed by atoms with van der Waals surface area (Å²) < 4.78 is 11.6. The average molecular weight is 311 g/mol. The van der Waals surface area contributed by atoms with E-state index in [1.54, 1.807) is 25.1 Å². The van der Waals surface area contributed by atoms with Crippen molar-refractivity contribution in [2.75, 3.05) is 6.61 Å². The van der Waals surface area contributed by atoms with Gasteiger partial charge in [0, 0.05) is 5.56 Å². The molecule has 1 N–H and O–H groups in total. The van der Waals surface area contributed by atoms with Gasteiger partial charge in [0.05, 0.1) is 9.86 Å². The number of rotatable bonds is 4. The molecule has 0 unspecified atom stereocenters. The zero-order valence-corrected chi connectivity index (χ0v) is 11.3. The van der Waals surface area contributed by atoms with Crippen LogP contribution in [0.3, 0.4) is 0 Å². The summed E-state index contributed by atoms with van der Waals surface area (Å²) in [6.07, 6.45) is 1.62. The first-order valence-electron chi connectivity index (χ1n) is 5.24. The Hall–Kier alpha value is -1.75. The molecule has 0 radical (unpaired) electrons. The van der Waals surface area contributed by atoms with Crippen LogP contribution < -0.4 is 4.74 Å². The standard InChI is InChI=1S/C13H11BrO4/c1-3-6-17-12-8(14)4-5-9-10(12)7(2)11(18-9)13(15)16/h3-5H,1,6H2,2H3,(H,15,16). The number of carboxylic acid groups (broad SMARTS) is 1. The van der Waals surface area contributed by atoms with E-state index in [9.17, 15) is 4.79 Å². The molecule has 18 heavy (non-hydrogen) atoms. The summed E-state index contributed by atoms with van der Waals surface area (Å²) in [5.74, 6) is -0.581. The predicted octanol–water partition coefficient (Wildman–Crippen LogP) is 3.77. The number of halogens is 1.